The van der Waals surface area contributed by atoms with E-state index in [2.05, 4.69) is 15.9 Å². The van der Waals surface area contributed by atoms with Gasteiger partial charge in [-0.3, -0.25) is 9.59 Å². The van der Waals surface area contributed by atoms with Crippen LogP contribution in [0.1, 0.15) is 30.3 Å². The minimum Gasteiger partial charge on any atom is -0.451 e. The lowest BCUT2D eigenvalue weighted by Crippen LogP contribution is -2.46. The van der Waals surface area contributed by atoms with E-state index >= 15 is 0 Å². The molecule has 2 amide bonds. The van der Waals surface area contributed by atoms with Gasteiger partial charge in [-0.1, -0.05) is 15.9 Å². The highest BCUT2D eigenvalue weighted by molar-refractivity contribution is 9.10. The van der Waals surface area contributed by atoms with Crippen LogP contribution in [0.3, 0.4) is 0 Å². The Labute approximate surface area is 143 Å². The number of nitrogens with zero attached hydrogens (tertiary/aromatic N) is 2. The van der Waals surface area contributed by atoms with Gasteiger partial charge < -0.3 is 14.2 Å². The number of piperidine rings is 1. The third-order valence-electron chi connectivity index (χ3n) is 4.49. The second-order valence-electron chi connectivity index (χ2n) is 5.95. The van der Waals surface area contributed by atoms with Crippen LogP contribution in [0.5, 0.6) is 0 Å². The minimum absolute atomic E-state index is 0.0673. The Kier molecular flexibility index (Phi) is 4.43. The highest BCUT2D eigenvalue weighted by Gasteiger charge is 2.28. The third-order valence-corrected chi connectivity index (χ3v) is 4.98. The highest BCUT2D eigenvalue weighted by atomic mass is 79.9. The highest BCUT2D eigenvalue weighted by Crippen LogP contribution is 2.25. The topological polar surface area (TPSA) is 53.8 Å². The first-order chi connectivity index (χ1) is 11.0. The molecule has 1 aromatic heterocycles. The molecule has 0 bridgehead atoms. The smallest absolute Gasteiger partial charge is 0.289 e. The van der Waals surface area contributed by atoms with Crippen LogP contribution >= 0.6 is 15.9 Å². The molecule has 0 radical (unpaired) electrons. The molecule has 1 fully saturated rings. The van der Waals surface area contributed by atoms with Crippen LogP contribution in [-0.2, 0) is 4.79 Å². The van der Waals surface area contributed by atoms with Gasteiger partial charge in [-0.25, -0.2) is 0 Å². The number of furan rings is 1. The number of hydrogen-bond acceptors (Lipinski definition) is 3. The Morgan fingerprint density at radius 1 is 1.26 bits per heavy atom. The molecule has 0 N–H and O–H groups in total. The van der Waals surface area contributed by atoms with Crippen LogP contribution in [0.2, 0.25) is 0 Å². The summed E-state index contributed by atoms with van der Waals surface area (Å²) >= 11 is 3.42. The van der Waals surface area contributed by atoms with Crippen molar-refractivity contribution in [2.45, 2.75) is 25.8 Å². The monoisotopic (exact) mass is 378 g/mol. The quantitative estimate of drug-likeness (QED) is 0.805. The number of hydrogen-bond donors (Lipinski definition) is 0. The Morgan fingerprint density at radius 3 is 2.61 bits per heavy atom. The number of amides is 2. The van der Waals surface area contributed by atoms with Crippen molar-refractivity contribution in [1.29, 1.82) is 0 Å². The second-order valence-corrected chi connectivity index (χ2v) is 6.86. The molecule has 122 valence electrons. The van der Waals surface area contributed by atoms with Gasteiger partial charge in [0, 0.05) is 43.0 Å². The van der Waals surface area contributed by atoms with E-state index in [4.69, 9.17) is 4.42 Å². The number of likely N-dealkylation sites (tertiary alicyclic amines) is 1. The van der Waals surface area contributed by atoms with Gasteiger partial charge >= 0.3 is 0 Å². The Bertz CT molecular complexity index is 747. The molecule has 1 saturated heterocycles. The molecular weight excluding hydrogens is 360 g/mol. The van der Waals surface area contributed by atoms with Crippen molar-refractivity contribution in [2.75, 3.05) is 20.1 Å². The summed E-state index contributed by atoms with van der Waals surface area (Å²) in [6.45, 7) is 2.85. The third kappa shape index (κ3) is 3.27. The SMILES string of the molecule is CC(=O)N(C)C1CCN(C(=O)c2cc3cc(Br)ccc3o2)CC1. The number of carbonyl (C=O) groups excluding carboxylic acids is 2. The van der Waals surface area contributed by atoms with E-state index in [0.717, 1.165) is 22.7 Å². The molecule has 0 unspecified atom stereocenters. The van der Waals surface area contributed by atoms with E-state index in [9.17, 15) is 9.59 Å². The van der Waals surface area contributed by atoms with Crippen molar-refractivity contribution in [3.63, 3.8) is 0 Å². The first-order valence-corrected chi connectivity index (χ1v) is 8.47. The van der Waals surface area contributed by atoms with Gasteiger partial charge in [0.25, 0.3) is 5.91 Å². The maximum Gasteiger partial charge on any atom is 0.289 e. The summed E-state index contributed by atoms with van der Waals surface area (Å²) < 4.78 is 6.63. The molecule has 23 heavy (non-hydrogen) atoms. The zero-order valence-corrected chi connectivity index (χ0v) is 14.8. The fourth-order valence-electron chi connectivity index (χ4n) is 2.99. The molecular formula is C17H19BrN2O3. The fourth-order valence-corrected chi connectivity index (χ4v) is 3.37. The van der Waals surface area contributed by atoms with E-state index in [1.54, 1.807) is 22.8 Å². The van der Waals surface area contributed by atoms with Crippen molar-refractivity contribution in [1.82, 2.24) is 9.80 Å². The van der Waals surface area contributed by atoms with Crippen LogP contribution in [0, 0.1) is 0 Å². The summed E-state index contributed by atoms with van der Waals surface area (Å²) in [4.78, 5) is 27.6. The summed E-state index contributed by atoms with van der Waals surface area (Å²) in [7, 11) is 1.82. The number of rotatable bonds is 2. The molecule has 3 rings (SSSR count). The molecule has 2 aromatic rings. The average molecular weight is 379 g/mol. The van der Waals surface area contributed by atoms with Crippen molar-refractivity contribution in [3.8, 4) is 0 Å². The fraction of sp³-hybridized carbons (Fsp3) is 0.412. The van der Waals surface area contributed by atoms with Crippen LogP contribution in [0.15, 0.2) is 33.2 Å². The lowest BCUT2D eigenvalue weighted by molar-refractivity contribution is -0.130. The van der Waals surface area contributed by atoms with Crippen molar-refractivity contribution in [3.05, 3.63) is 34.5 Å². The Balaban J connectivity index is 1.70. The summed E-state index contributed by atoms with van der Waals surface area (Å²) in [6.07, 6.45) is 1.60. The molecule has 0 spiro atoms. The molecule has 0 atom stereocenters. The van der Waals surface area contributed by atoms with Crippen molar-refractivity contribution >= 4 is 38.7 Å². The first kappa shape index (κ1) is 16.1. The number of carbonyl (C=O) groups is 2. The summed E-state index contributed by atoms with van der Waals surface area (Å²) in [5.41, 5.74) is 0.711. The van der Waals surface area contributed by atoms with Crippen LogP contribution in [0.4, 0.5) is 0 Å². The van der Waals surface area contributed by atoms with Gasteiger partial charge in [0.15, 0.2) is 5.76 Å². The minimum atomic E-state index is -0.0822. The van der Waals surface area contributed by atoms with Crippen molar-refractivity contribution < 1.29 is 14.0 Å². The van der Waals surface area contributed by atoms with Gasteiger partial charge in [-0.2, -0.15) is 0 Å². The number of halogens is 1. The van der Waals surface area contributed by atoms with E-state index < -0.39 is 0 Å². The maximum atomic E-state index is 12.6. The molecule has 0 aliphatic carbocycles. The normalized spacial score (nSPS) is 15.9. The zero-order valence-electron chi connectivity index (χ0n) is 13.2. The Morgan fingerprint density at radius 2 is 1.96 bits per heavy atom. The zero-order chi connectivity index (χ0) is 16.6. The molecule has 5 nitrogen and oxygen atoms in total. The van der Waals surface area contributed by atoms with E-state index in [-0.39, 0.29) is 17.9 Å². The lowest BCUT2D eigenvalue weighted by Gasteiger charge is -2.36. The maximum absolute atomic E-state index is 12.6. The summed E-state index contributed by atoms with van der Waals surface area (Å²) in [5, 5.41) is 0.911. The van der Waals surface area contributed by atoms with Gasteiger partial charge in [0.05, 0.1) is 0 Å². The summed E-state index contributed by atoms with van der Waals surface area (Å²) in [5.74, 6) is 0.357. The molecule has 1 aromatic carbocycles. The summed E-state index contributed by atoms with van der Waals surface area (Å²) in [6, 6.07) is 7.68. The molecule has 1 aliphatic rings. The van der Waals surface area contributed by atoms with Gasteiger partial charge in [-0.15, -0.1) is 0 Å². The van der Waals surface area contributed by atoms with Crippen LogP contribution in [0.25, 0.3) is 11.0 Å². The van der Waals surface area contributed by atoms with Gasteiger partial charge in [0.1, 0.15) is 5.58 Å². The lowest BCUT2D eigenvalue weighted by atomic mass is 10.0. The van der Waals surface area contributed by atoms with Crippen LogP contribution < -0.4 is 0 Å². The molecule has 2 heterocycles. The second kappa shape index (κ2) is 6.35. The largest absolute Gasteiger partial charge is 0.451 e. The standard InChI is InChI=1S/C17H19BrN2O3/c1-11(21)19(2)14-5-7-20(8-6-14)17(22)16-10-12-9-13(18)3-4-15(12)23-16/h3-4,9-10,14H,5-8H2,1-2H3. The van der Waals surface area contributed by atoms with E-state index in [0.29, 0.717) is 24.4 Å². The van der Waals surface area contributed by atoms with E-state index in [1.165, 1.54) is 0 Å². The van der Waals surface area contributed by atoms with Gasteiger partial charge in [0.2, 0.25) is 5.91 Å². The predicted octanol–water partition coefficient (Wildman–Crippen LogP) is 3.28. The number of fused-ring (bicyclic) bond motifs is 1. The van der Waals surface area contributed by atoms with Gasteiger partial charge in [-0.05, 0) is 37.1 Å². The van der Waals surface area contributed by atoms with E-state index in [1.807, 2.05) is 25.2 Å². The predicted molar refractivity (Wildman–Crippen MR) is 91.3 cm³/mol. The first-order valence-electron chi connectivity index (χ1n) is 7.67. The van der Waals surface area contributed by atoms with Crippen molar-refractivity contribution in [2.24, 2.45) is 0 Å². The molecule has 6 heteroatoms. The Hall–Kier alpha value is -1.82. The molecule has 1 aliphatic heterocycles. The average Bonchev–Trinajstić information content (AvgIpc) is 2.96. The van der Waals surface area contributed by atoms with Crippen LogP contribution in [-0.4, -0.2) is 47.8 Å². The number of benzene rings is 1. The molecule has 0 saturated carbocycles.